The second-order valence-corrected chi connectivity index (χ2v) is 10.6. The van der Waals surface area contributed by atoms with Crippen molar-refractivity contribution in [2.45, 2.75) is 65.0 Å². The normalized spacial score (nSPS) is 31.6. The quantitative estimate of drug-likeness (QED) is 0.271. The van der Waals surface area contributed by atoms with Crippen LogP contribution in [0.25, 0.3) is 0 Å². The fraction of sp³-hybridized carbons (Fsp3) is 0.484. The minimum Gasteiger partial charge on any atom is -0.439 e. The van der Waals surface area contributed by atoms with Crippen molar-refractivity contribution in [3.8, 4) is 0 Å². The van der Waals surface area contributed by atoms with Crippen molar-refractivity contribution < 1.29 is 38.5 Å². The number of nitrogens with two attached hydrogens (primary N) is 1. The third-order valence-corrected chi connectivity index (χ3v) is 7.22. The number of carbonyl (C=O) groups excluding carboxylic acids is 4. The molecule has 5 N–H and O–H groups in total. The molecule has 0 aromatic rings. The molecule has 11 heteroatoms. The van der Waals surface area contributed by atoms with E-state index in [1.165, 1.54) is 20.3 Å². The molecule has 11 nitrogen and oxygen atoms in total. The van der Waals surface area contributed by atoms with Crippen molar-refractivity contribution in [3.63, 3.8) is 0 Å². The summed E-state index contributed by atoms with van der Waals surface area (Å²) in [5.74, 6) is -2.14. The van der Waals surface area contributed by atoms with Crippen molar-refractivity contribution >= 4 is 23.6 Å². The molecule has 1 heterocycles. The summed E-state index contributed by atoms with van der Waals surface area (Å²) < 4.78 is 16.6. The number of methoxy groups -OCH3 is 2. The average molecular weight is 586 g/mol. The number of carbonyl (C=O) groups is 4. The van der Waals surface area contributed by atoms with Crippen LogP contribution in [0.1, 0.15) is 40.5 Å². The number of hydrogen-bond donors (Lipinski definition) is 4. The number of fused-ring (bicyclic) bond motifs is 2. The molecular weight excluding hydrogens is 542 g/mol. The number of primary amides is 1. The monoisotopic (exact) mass is 585 g/mol. The Morgan fingerprint density at radius 2 is 1.90 bits per heavy atom. The average Bonchev–Trinajstić information content (AvgIpc) is 2.94. The molecule has 0 spiro atoms. The fourth-order valence-corrected chi connectivity index (χ4v) is 4.95. The number of ketones is 2. The van der Waals surface area contributed by atoms with Crippen molar-refractivity contribution in [1.29, 1.82) is 0 Å². The van der Waals surface area contributed by atoms with E-state index in [0.717, 1.165) is 6.08 Å². The number of hydrogen-bond acceptors (Lipinski definition) is 9. The zero-order valence-corrected chi connectivity index (χ0v) is 25.1. The number of rotatable bonds is 6. The van der Waals surface area contributed by atoms with E-state index in [2.05, 4.69) is 17.2 Å². The number of ether oxygens (including phenoxy) is 3. The van der Waals surface area contributed by atoms with Crippen LogP contribution in [0.3, 0.4) is 0 Å². The molecule has 0 unspecified atom stereocenters. The van der Waals surface area contributed by atoms with Gasteiger partial charge in [0.05, 0.1) is 23.6 Å². The van der Waals surface area contributed by atoms with Gasteiger partial charge in [0.2, 0.25) is 11.6 Å². The van der Waals surface area contributed by atoms with Crippen LogP contribution in [-0.4, -0.2) is 73.9 Å². The molecular formula is C31H43N3O8. The molecule has 0 fully saturated rings. The summed E-state index contributed by atoms with van der Waals surface area (Å²) in [7, 11) is 2.92. The number of amides is 2. The largest absolute Gasteiger partial charge is 0.439 e. The molecule has 0 aromatic heterocycles. The molecule has 0 aromatic carbocycles. The van der Waals surface area contributed by atoms with Crippen molar-refractivity contribution in [2.24, 2.45) is 17.6 Å². The number of nitrogens with one attached hydrogen (secondary N) is 2. The third-order valence-electron chi connectivity index (χ3n) is 7.22. The molecule has 0 saturated carbocycles. The number of Topliss-reactive ketones (excluding diaryl/α,β-unsaturated/α-hetero) is 1. The predicted molar refractivity (Wildman–Crippen MR) is 158 cm³/mol. The SMILES string of the molecule is C=CCNC1=C2C[C@@H](C)C[C@@H](OC)[C@H](O)[C@H](C)/C=C(\C)[C@@H](OC(N)=O)[C@H](OC)/C=C/C=C(/C)C(=O)NC(=CC1=O)C2=O. The third kappa shape index (κ3) is 9.10. The van der Waals surface area contributed by atoms with Crippen LogP contribution < -0.4 is 16.4 Å². The topological polar surface area (TPSA) is 166 Å². The molecule has 0 saturated heterocycles. The number of allylic oxidation sites excluding steroid dienone is 4. The molecule has 1 aliphatic heterocycles. The van der Waals surface area contributed by atoms with Gasteiger partial charge in [-0.25, -0.2) is 4.79 Å². The summed E-state index contributed by atoms with van der Waals surface area (Å²) >= 11 is 0. The minimum absolute atomic E-state index is 0.132. The fourth-order valence-electron chi connectivity index (χ4n) is 4.95. The van der Waals surface area contributed by atoms with E-state index in [1.807, 2.05) is 6.92 Å². The van der Waals surface area contributed by atoms with Crippen LogP contribution in [0.5, 0.6) is 0 Å². The van der Waals surface area contributed by atoms with Gasteiger partial charge in [-0.05, 0) is 38.2 Å². The van der Waals surface area contributed by atoms with E-state index < -0.39 is 53.9 Å². The van der Waals surface area contributed by atoms with Gasteiger partial charge in [0.1, 0.15) is 6.10 Å². The Labute approximate surface area is 247 Å². The Balaban J connectivity index is 2.62. The summed E-state index contributed by atoms with van der Waals surface area (Å²) in [4.78, 5) is 51.3. The first-order valence-corrected chi connectivity index (χ1v) is 13.8. The molecule has 2 rings (SSSR count). The van der Waals surface area contributed by atoms with E-state index in [-0.39, 0.29) is 41.4 Å². The number of aliphatic hydroxyl groups excluding tert-OH is 1. The van der Waals surface area contributed by atoms with Crippen LogP contribution >= 0.6 is 0 Å². The Morgan fingerprint density at radius 3 is 2.50 bits per heavy atom. The molecule has 230 valence electrons. The lowest BCUT2D eigenvalue weighted by molar-refractivity contribution is -0.120. The van der Waals surface area contributed by atoms with E-state index in [1.54, 1.807) is 45.1 Å². The van der Waals surface area contributed by atoms with Crippen LogP contribution in [0.2, 0.25) is 0 Å². The Kier molecular flexibility index (Phi) is 13.1. The van der Waals surface area contributed by atoms with Gasteiger partial charge in [-0.1, -0.05) is 44.2 Å². The minimum atomic E-state index is -1.00. The zero-order chi connectivity index (χ0) is 31.6. The Morgan fingerprint density at radius 1 is 1.21 bits per heavy atom. The van der Waals surface area contributed by atoms with Crippen LogP contribution in [-0.2, 0) is 28.6 Å². The summed E-state index contributed by atoms with van der Waals surface area (Å²) in [5.41, 5.74) is 6.42. The highest BCUT2D eigenvalue weighted by molar-refractivity contribution is 6.23. The standard InChI is InChI=1S/C31H43N3O8/c1-8-12-33-26-21-13-17(2)14-25(41-7)27(36)19(4)15-20(5)29(42-31(32)39)24(40-6)11-9-10-18(3)30(38)34-22(28(21)37)16-23(26)35/h8-11,15-17,19,24-25,27,29,33,36H,1,12-14H2,2-7H3,(H2,32,39)(H,34,38)/b11-9+,18-10-,20-15+/t17-,19-,24-,25-,27-,29-/m1/s1. The van der Waals surface area contributed by atoms with Gasteiger partial charge in [-0.3, -0.25) is 14.4 Å². The highest BCUT2D eigenvalue weighted by Gasteiger charge is 2.33. The highest BCUT2D eigenvalue weighted by atomic mass is 16.6. The molecule has 2 bridgehead atoms. The Bertz CT molecular complexity index is 1210. The highest BCUT2D eigenvalue weighted by Crippen LogP contribution is 2.28. The maximum atomic E-state index is 13.5. The van der Waals surface area contributed by atoms with Gasteiger partial charge < -0.3 is 35.7 Å². The van der Waals surface area contributed by atoms with E-state index in [9.17, 15) is 24.3 Å². The zero-order valence-electron chi connectivity index (χ0n) is 25.1. The van der Waals surface area contributed by atoms with Gasteiger partial charge in [-0.2, -0.15) is 0 Å². The van der Waals surface area contributed by atoms with Crippen LogP contribution in [0.4, 0.5) is 4.79 Å². The Hall–Kier alpha value is -3.80. The predicted octanol–water partition coefficient (Wildman–Crippen LogP) is 2.54. The summed E-state index contributed by atoms with van der Waals surface area (Å²) in [6.45, 7) is 10.9. The summed E-state index contributed by atoms with van der Waals surface area (Å²) in [5, 5.41) is 16.7. The maximum Gasteiger partial charge on any atom is 0.405 e. The van der Waals surface area contributed by atoms with E-state index in [0.29, 0.717) is 12.0 Å². The van der Waals surface area contributed by atoms with Gasteiger partial charge in [0, 0.05) is 43.9 Å². The molecule has 1 aliphatic carbocycles. The van der Waals surface area contributed by atoms with E-state index >= 15 is 0 Å². The smallest absolute Gasteiger partial charge is 0.405 e. The van der Waals surface area contributed by atoms with Crippen LogP contribution in [0.15, 0.2) is 71.1 Å². The molecule has 2 aliphatic rings. The first kappa shape index (κ1) is 34.4. The second kappa shape index (κ2) is 16.0. The lowest BCUT2D eigenvalue weighted by Crippen LogP contribution is -2.37. The van der Waals surface area contributed by atoms with Gasteiger partial charge >= 0.3 is 6.09 Å². The van der Waals surface area contributed by atoms with E-state index in [4.69, 9.17) is 19.9 Å². The molecule has 0 radical (unpaired) electrons. The van der Waals surface area contributed by atoms with Crippen LogP contribution in [0, 0.1) is 11.8 Å². The lowest BCUT2D eigenvalue weighted by Gasteiger charge is -2.30. The van der Waals surface area contributed by atoms with Crippen molar-refractivity contribution in [1.82, 2.24) is 10.6 Å². The molecule has 42 heavy (non-hydrogen) atoms. The number of aliphatic hydroxyl groups is 1. The first-order valence-electron chi connectivity index (χ1n) is 13.8. The first-order chi connectivity index (χ1) is 19.8. The van der Waals surface area contributed by atoms with Gasteiger partial charge in [0.15, 0.2) is 6.10 Å². The summed E-state index contributed by atoms with van der Waals surface area (Å²) in [6, 6.07) is 0. The lowest BCUT2D eigenvalue weighted by atomic mass is 9.85. The maximum absolute atomic E-state index is 13.5. The van der Waals surface area contributed by atoms with Gasteiger partial charge in [0.25, 0.3) is 5.91 Å². The molecule has 2 amide bonds. The summed E-state index contributed by atoms with van der Waals surface area (Å²) in [6.07, 6.45) is 5.34. The molecule has 6 atom stereocenters. The van der Waals surface area contributed by atoms with Crippen molar-refractivity contribution in [2.75, 3.05) is 20.8 Å². The second-order valence-electron chi connectivity index (χ2n) is 10.6. The van der Waals surface area contributed by atoms with Crippen molar-refractivity contribution in [3.05, 3.63) is 71.1 Å². The van der Waals surface area contributed by atoms with Gasteiger partial charge in [-0.15, -0.1) is 6.58 Å².